The zero-order chi connectivity index (χ0) is 20.2. The van der Waals surface area contributed by atoms with Gasteiger partial charge in [-0.3, -0.25) is 4.79 Å². The van der Waals surface area contributed by atoms with Crippen molar-refractivity contribution in [2.75, 3.05) is 13.2 Å². The van der Waals surface area contributed by atoms with Gasteiger partial charge in [0, 0.05) is 6.42 Å². The summed E-state index contributed by atoms with van der Waals surface area (Å²) in [4.78, 5) is 23.7. The number of esters is 2. The molecule has 144 valence electrons. The van der Waals surface area contributed by atoms with Crippen LogP contribution in [-0.4, -0.2) is 25.2 Å². The summed E-state index contributed by atoms with van der Waals surface area (Å²) in [6.45, 7) is 2.26. The van der Waals surface area contributed by atoms with Crippen LogP contribution in [0.25, 0.3) is 6.08 Å². The molecule has 0 atom stereocenters. The van der Waals surface area contributed by atoms with Crippen molar-refractivity contribution in [3.05, 3.63) is 65.7 Å². The van der Waals surface area contributed by atoms with Crippen LogP contribution in [0.5, 0.6) is 11.5 Å². The third-order valence-electron chi connectivity index (χ3n) is 3.55. The number of carbonyl (C=O) groups is 2. The van der Waals surface area contributed by atoms with Crippen LogP contribution in [0.15, 0.2) is 60.2 Å². The van der Waals surface area contributed by atoms with Gasteiger partial charge in [0.2, 0.25) is 0 Å². The van der Waals surface area contributed by atoms with Crippen molar-refractivity contribution >= 4 is 18.0 Å². The van der Waals surface area contributed by atoms with E-state index in [0.29, 0.717) is 24.3 Å². The van der Waals surface area contributed by atoms with Crippen molar-refractivity contribution in [3.63, 3.8) is 0 Å². The number of para-hydroxylation sites is 1. The highest BCUT2D eigenvalue weighted by atomic mass is 16.5. The highest BCUT2D eigenvalue weighted by Crippen LogP contribution is 2.17. The van der Waals surface area contributed by atoms with E-state index in [-0.39, 0.29) is 24.6 Å². The Morgan fingerprint density at radius 3 is 2.54 bits per heavy atom. The molecule has 0 aliphatic rings. The summed E-state index contributed by atoms with van der Waals surface area (Å²) in [5, 5.41) is 9.09. The fourth-order valence-corrected chi connectivity index (χ4v) is 2.29. The first kappa shape index (κ1) is 20.7. The standard InChI is InChI=1S/C22H21NO5/c1-2-26-22(25)18(16-23)14-17-8-6-11-20(15-17)28-21(24)12-7-13-27-19-9-4-3-5-10-19/h3-6,8-11,14-15H,2,7,12-13H2,1H3/b18-14+. The van der Waals surface area contributed by atoms with Crippen LogP contribution < -0.4 is 9.47 Å². The molecule has 0 N–H and O–H groups in total. The molecule has 6 heteroatoms. The van der Waals surface area contributed by atoms with Crippen molar-refractivity contribution in [2.24, 2.45) is 0 Å². The maximum Gasteiger partial charge on any atom is 0.348 e. The topological polar surface area (TPSA) is 85.6 Å². The largest absolute Gasteiger partial charge is 0.494 e. The average Bonchev–Trinajstić information content (AvgIpc) is 2.70. The molecule has 0 aromatic heterocycles. The summed E-state index contributed by atoms with van der Waals surface area (Å²) in [5.41, 5.74) is 0.436. The maximum atomic E-state index is 12.0. The zero-order valence-electron chi connectivity index (χ0n) is 15.6. The molecule has 0 aliphatic carbocycles. The van der Waals surface area contributed by atoms with E-state index in [1.54, 1.807) is 31.2 Å². The fourth-order valence-electron chi connectivity index (χ4n) is 2.29. The van der Waals surface area contributed by atoms with Gasteiger partial charge in [0.05, 0.1) is 13.2 Å². The van der Waals surface area contributed by atoms with Gasteiger partial charge in [-0.15, -0.1) is 0 Å². The number of nitriles is 1. The Balaban J connectivity index is 1.87. The summed E-state index contributed by atoms with van der Waals surface area (Å²) in [6.07, 6.45) is 2.12. The molecule has 2 rings (SSSR count). The predicted molar refractivity (Wildman–Crippen MR) is 103 cm³/mol. The summed E-state index contributed by atoms with van der Waals surface area (Å²) in [7, 11) is 0. The number of rotatable bonds is 9. The molecule has 0 unspecified atom stereocenters. The van der Waals surface area contributed by atoms with Crippen molar-refractivity contribution in [1.82, 2.24) is 0 Å². The van der Waals surface area contributed by atoms with E-state index < -0.39 is 5.97 Å². The lowest BCUT2D eigenvalue weighted by Gasteiger charge is -2.07. The van der Waals surface area contributed by atoms with Gasteiger partial charge in [0.25, 0.3) is 0 Å². The fraction of sp³-hybridized carbons (Fsp3) is 0.227. The Morgan fingerprint density at radius 2 is 1.82 bits per heavy atom. The minimum atomic E-state index is -0.689. The molecule has 0 radical (unpaired) electrons. The Labute approximate surface area is 164 Å². The van der Waals surface area contributed by atoms with Gasteiger partial charge in [0.15, 0.2) is 0 Å². The molecule has 2 aromatic rings. The minimum absolute atomic E-state index is 0.122. The van der Waals surface area contributed by atoms with E-state index in [1.165, 1.54) is 6.08 Å². The summed E-state index contributed by atoms with van der Waals surface area (Å²) in [6, 6.07) is 17.7. The number of benzene rings is 2. The quantitative estimate of drug-likeness (QED) is 0.216. The monoisotopic (exact) mass is 379 g/mol. The second kappa shape index (κ2) is 11.2. The number of ether oxygens (including phenoxy) is 3. The lowest BCUT2D eigenvalue weighted by Crippen LogP contribution is -2.10. The SMILES string of the molecule is CCOC(=O)/C(C#N)=C/c1cccc(OC(=O)CCCOc2ccccc2)c1. The smallest absolute Gasteiger partial charge is 0.348 e. The van der Waals surface area contributed by atoms with E-state index in [9.17, 15) is 9.59 Å². The van der Waals surface area contributed by atoms with E-state index >= 15 is 0 Å². The molecular weight excluding hydrogens is 358 g/mol. The summed E-state index contributed by atoms with van der Waals surface area (Å²) < 4.78 is 15.7. The first-order valence-electron chi connectivity index (χ1n) is 8.90. The first-order valence-corrected chi connectivity index (χ1v) is 8.90. The molecular formula is C22H21NO5. The highest BCUT2D eigenvalue weighted by molar-refractivity contribution is 5.97. The molecule has 0 spiro atoms. The van der Waals surface area contributed by atoms with Crippen molar-refractivity contribution < 1.29 is 23.8 Å². The first-order chi connectivity index (χ1) is 13.6. The second-order valence-electron chi connectivity index (χ2n) is 5.70. The molecule has 2 aromatic carbocycles. The van der Waals surface area contributed by atoms with Crippen LogP contribution in [0, 0.1) is 11.3 Å². The van der Waals surface area contributed by atoms with Crippen molar-refractivity contribution in [3.8, 4) is 17.6 Å². The van der Waals surface area contributed by atoms with Crippen LogP contribution in [0.3, 0.4) is 0 Å². The zero-order valence-corrected chi connectivity index (χ0v) is 15.6. The van der Waals surface area contributed by atoms with Crippen LogP contribution >= 0.6 is 0 Å². The van der Waals surface area contributed by atoms with E-state index in [1.807, 2.05) is 36.4 Å². The number of hydrogen-bond acceptors (Lipinski definition) is 6. The molecule has 0 amide bonds. The third kappa shape index (κ3) is 6.96. The average molecular weight is 379 g/mol. The van der Waals surface area contributed by atoms with Crippen LogP contribution in [0.2, 0.25) is 0 Å². The van der Waals surface area contributed by atoms with Gasteiger partial charge in [-0.1, -0.05) is 30.3 Å². The second-order valence-corrected chi connectivity index (χ2v) is 5.70. The summed E-state index contributed by atoms with van der Waals surface area (Å²) >= 11 is 0. The lowest BCUT2D eigenvalue weighted by atomic mass is 10.1. The third-order valence-corrected chi connectivity index (χ3v) is 3.55. The van der Waals surface area contributed by atoms with Crippen LogP contribution in [0.1, 0.15) is 25.3 Å². The molecule has 0 heterocycles. The lowest BCUT2D eigenvalue weighted by molar-refractivity contribution is -0.138. The Bertz CT molecular complexity index is 868. The normalized spacial score (nSPS) is 10.6. The van der Waals surface area contributed by atoms with Gasteiger partial charge in [-0.2, -0.15) is 5.26 Å². The van der Waals surface area contributed by atoms with Gasteiger partial charge in [-0.25, -0.2) is 4.79 Å². The number of hydrogen-bond donors (Lipinski definition) is 0. The van der Waals surface area contributed by atoms with Gasteiger partial charge >= 0.3 is 11.9 Å². The van der Waals surface area contributed by atoms with Gasteiger partial charge in [-0.05, 0) is 49.2 Å². The molecule has 6 nitrogen and oxygen atoms in total. The van der Waals surface area contributed by atoms with Gasteiger partial charge < -0.3 is 14.2 Å². The summed E-state index contributed by atoms with van der Waals surface area (Å²) in [5.74, 6) is 0.0173. The minimum Gasteiger partial charge on any atom is -0.494 e. The van der Waals surface area contributed by atoms with E-state index in [4.69, 9.17) is 19.5 Å². The van der Waals surface area contributed by atoms with Crippen molar-refractivity contribution in [2.45, 2.75) is 19.8 Å². The molecule has 0 aliphatic heterocycles. The molecule has 28 heavy (non-hydrogen) atoms. The maximum absolute atomic E-state index is 12.0. The highest BCUT2D eigenvalue weighted by Gasteiger charge is 2.10. The molecule has 0 fully saturated rings. The Hall–Kier alpha value is -3.59. The Kier molecular flexibility index (Phi) is 8.28. The van der Waals surface area contributed by atoms with Crippen LogP contribution in [0.4, 0.5) is 0 Å². The van der Waals surface area contributed by atoms with E-state index in [0.717, 1.165) is 5.75 Å². The Morgan fingerprint density at radius 1 is 1.07 bits per heavy atom. The predicted octanol–water partition coefficient (Wildman–Crippen LogP) is 3.92. The van der Waals surface area contributed by atoms with Crippen molar-refractivity contribution in [1.29, 1.82) is 5.26 Å². The molecule has 0 saturated heterocycles. The molecule has 0 bridgehead atoms. The van der Waals surface area contributed by atoms with E-state index in [2.05, 4.69) is 0 Å². The number of nitrogens with zero attached hydrogens (tertiary/aromatic N) is 1. The van der Waals surface area contributed by atoms with Gasteiger partial charge in [0.1, 0.15) is 23.1 Å². The molecule has 0 saturated carbocycles. The van der Waals surface area contributed by atoms with Crippen LogP contribution in [-0.2, 0) is 14.3 Å². The number of carbonyl (C=O) groups excluding carboxylic acids is 2.